The number of benzene rings is 1. The maximum absolute atomic E-state index is 3.63. The summed E-state index contributed by atoms with van der Waals surface area (Å²) in [5.41, 5.74) is 1.38. The topological polar surface area (TPSA) is 12.0 Å². The van der Waals surface area contributed by atoms with Gasteiger partial charge in [-0.25, -0.2) is 0 Å². The molecule has 0 saturated carbocycles. The lowest BCUT2D eigenvalue weighted by Crippen LogP contribution is -2.25. The zero-order valence-corrected chi connectivity index (χ0v) is 12.3. The molecule has 1 unspecified atom stereocenters. The van der Waals surface area contributed by atoms with E-state index in [-0.39, 0.29) is 0 Å². The van der Waals surface area contributed by atoms with E-state index in [0.29, 0.717) is 6.04 Å². The van der Waals surface area contributed by atoms with E-state index in [1.54, 1.807) is 11.8 Å². The summed E-state index contributed by atoms with van der Waals surface area (Å²) in [6.07, 6.45) is 4.65. The molecule has 96 valence electrons. The lowest BCUT2D eigenvalue weighted by atomic mass is 10.0. The Bertz CT molecular complexity index is 303. The van der Waals surface area contributed by atoms with Crippen LogP contribution in [0.5, 0.6) is 0 Å². The van der Waals surface area contributed by atoms with Crippen molar-refractivity contribution in [2.45, 2.75) is 44.6 Å². The second kappa shape index (κ2) is 7.78. The number of nitrogens with one attached hydrogen (secondary N) is 1. The highest BCUT2D eigenvalue weighted by atomic mass is 32.2. The molecule has 17 heavy (non-hydrogen) atoms. The van der Waals surface area contributed by atoms with Gasteiger partial charge in [0.05, 0.1) is 0 Å². The quantitative estimate of drug-likeness (QED) is 0.716. The third kappa shape index (κ3) is 4.72. The molecule has 2 heteroatoms. The Morgan fingerprint density at radius 1 is 1.12 bits per heavy atom. The lowest BCUT2D eigenvalue weighted by molar-refractivity contribution is 0.422. The van der Waals surface area contributed by atoms with Crippen LogP contribution < -0.4 is 5.32 Å². The van der Waals surface area contributed by atoms with Crippen LogP contribution in [-0.4, -0.2) is 12.8 Å². The molecule has 0 heterocycles. The van der Waals surface area contributed by atoms with Crippen molar-refractivity contribution in [1.29, 1.82) is 0 Å². The van der Waals surface area contributed by atoms with Crippen molar-refractivity contribution in [3.05, 3.63) is 29.8 Å². The smallest absolute Gasteiger partial charge is 0.0291 e. The van der Waals surface area contributed by atoms with Crippen LogP contribution in [0.1, 0.15) is 45.2 Å². The Balaban J connectivity index is 2.48. The van der Waals surface area contributed by atoms with Crippen LogP contribution in [0.4, 0.5) is 0 Å². The third-order valence-corrected chi connectivity index (χ3v) is 4.23. The van der Waals surface area contributed by atoms with Crippen molar-refractivity contribution in [2.75, 3.05) is 12.8 Å². The molecule has 1 aromatic carbocycles. The van der Waals surface area contributed by atoms with Gasteiger partial charge >= 0.3 is 0 Å². The average molecular weight is 251 g/mol. The minimum atomic E-state index is 0.450. The number of hydrogen-bond donors (Lipinski definition) is 1. The van der Waals surface area contributed by atoms with Crippen molar-refractivity contribution < 1.29 is 0 Å². The lowest BCUT2D eigenvalue weighted by Gasteiger charge is -2.19. The molecule has 1 aromatic rings. The summed E-state index contributed by atoms with van der Waals surface area (Å²) in [7, 11) is 0. The molecule has 0 aliphatic carbocycles. The first-order chi connectivity index (χ1) is 8.21. The molecular weight excluding hydrogens is 226 g/mol. The van der Waals surface area contributed by atoms with Crippen molar-refractivity contribution in [3.8, 4) is 0 Å². The average Bonchev–Trinajstić information content (AvgIpc) is 2.39. The summed E-state index contributed by atoms with van der Waals surface area (Å²) in [6, 6.07) is 9.32. The molecule has 1 N–H and O–H groups in total. The first-order valence-corrected chi connectivity index (χ1v) is 7.81. The van der Waals surface area contributed by atoms with Crippen molar-refractivity contribution >= 4 is 11.8 Å². The molecule has 1 nitrogen and oxygen atoms in total. The van der Waals surface area contributed by atoms with E-state index in [1.807, 2.05) is 0 Å². The summed E-state index contributed by atoms with van der Waals surface area (Å²) in [5.74, 6) is 0.808. The van der Waals surface area contributed by atoms with E-state index >= 15 is 0 Å². The summed E-state index contributed by atoms with van der Waals surface area (Å²) in [4.78, 5) is 1.33. The van der Waals surface area contributed by atoms with Crippen LogP contribution in [0.15, 0.2) is 29.2 Å². The molecule has 0 aliphatic heterocycles. The van der Waals surface area contributed by atoms with Crippen LogP contribution in [0.2, 0.25) is 0 Å². The van der Waals surface area contributed by atoms with E-state index in [0.717, 1.165) is 12.5 Å². The second-order valence-corrected chi connectivity index (χ2v) is 5.47. The van der Waals surface area contributed by atoms with Crippen LogP contribution in [0.3, 0.4) is 0 Å². The molecule has 0 saturated heterocycles. The Morgan fingerprint density at radius 3 is 2.18 bits per heavy atom. The summed E-state index contributed by atoms with van der Waals surface area (Å²) < 4.78 is 0. The minimum Gasteiger partial charge on any atom is -0.310 e. The number of rotatable bonds is 7. The van der Waals surface area contributed by atoms with Crippen molar-refractivity contribution in [2.24, 2.45) is 5.92 Å². The molecule has 0 bridgehead atoms. The van der Waals surface area contributed by atoms with Crippen LogP contribution >= 0.6 is 11.8 Å². The van der Waals surface area contributed by atoms with E-state index in [2.05, 4.69) is 56.6 Å². The highest BCUT2D eigenvalue weighted by Gasteiger charge is 2.08. The van der Waals surface area contributed by atoms with Gasteiger partial charge < -0.3 is 5.32 Å². The van der Waals surface area contributed by atoms with Gasteiger partial charge in [0.1, 0.15) is 0 Å². The van der Waals surface area contributed by atoms with Crippen LogP contribution in [0.25, 0.3) is 0 Å². The highest BCUT2D eigenvalue weighted by Crippen LogP contribution is 2.19. The fraction of sp³-hybridized carbons (Fsp3) is 0.600. The van der Waals surface area contributed by atoms with Gasteiger partial charge in [-0.15, -0.1) is 11.8 Å². The normalized spacial score (nSPS) is 13.0. The Kier molecular flexibility index (Phi) is 6.68. The molecule has 1 rings (SSSR count). The zero-order valence-electron chi connectivity index (χ0n) is 11.5. The zero-order chi connectivity index (χ0) is 12.7. The molecule has 0 fully saturated rings. The molecule has 0 aliphatic rings. The SMILES string of the molecule is CCC(CC)CNC(C)c1ccc(SC)cc1. The summed E-state index contributed by atoms with van der Waals surface area (Å²) in [5, 5.41) is 3.63. The van der Waals surface area contributed by atoms with Crippen LogP contribution in [0, 0.1) is 5.92 Å². The standard InChI is InChI=1S/C15H25NS/c1-5-13(6-2)11-16-12(3)14-7-9-15(17-4)10-8-14/h7-10,12-13,16H,5-6,11H2,1-4H3. The second-order valence-electron chi connectivity index (χ2n) is 4.59. The number of thioether (sulfide) groups is 1. The maximum atomic E-state index is 3.63. The Hall–Kier alpha value is -0.470. The van der Waals surface area contributed by atoms with Crippen LogP contribution in [-0.2, 0) is 0 Å². The van der Waals surface area contributed by atoms with E-state index in [4.69, 9.17) is 0 Å². The van der Waals surface area contributed by atoms with Gasteiger partial charge in [0.2, 0.25) is 0 Å². The largest absolute Gasteiger partial charge is 0.310 e. The van der Waals surface area contributed by atoms with Gasteiger partial charge in [-0.05, 0) is 43.3 Å². The van der Waals surface area contributed by atoms with Crippen molar-refractivity contribution in [3.63, 3.8) is 0 Å². The maximum Gasteiger partial charge on any atom is 0.0291 e. The summed E-state index contributed by atoms with van der Waals surface area (Å²) >= 11 is 1.79. The minimum absolute atomic E-state index is 0.450. The Labute approximate surface area is 110 Å². The monoisotopic (exact) mass is 251 g/mol. The van der Waals surface area contributed by atoms with Gasteiger partial charge in [-0.3, -0.25) is 0 Å². The van der Waals surface area contributed by atoms with Crippen molar-refractivity contribution in [1.82, 2.24) is 5.32 Å². The fourth-order valence-corrected chi connectivity index (χ4v) is 2.34. The predicted octanol–water partition coefficient (Wildman–Crippen LogP) is 4.50. The molecule has 0 amide bonds. The molecule has 0 radical (unpaired) electrons. The first-order valence-electron chi connectivity index (χ1n) is 6.58. The summed E-state index contributed by atoms with van der Waals surface area (Å²) in [6.45, 7) is 7.91. The fourth-order valence-electron chi connectivity index (χ4n) is 1.93. The van der Waals surface area contributed by atoms with Gasteiger partial charge in [0.25, 0.3) is 0 Å². The van der Waals surface area contributed by atoms with Gasteiger partial charge in [-0.2, -0.15) is 0 Å². The van der Waals surface area contributed by atoms with E-state index in [1.165, 1.54) is 23.3 Å². The predicted molar refractivity (Wildman–Crippen MR) is 78.7 cm³/mol. The Morgan fingerprint density at radius 2 is 1.71 bits per heavy atom. The molecule has 0 spiro atoms. The third-order valence-electron chi connectivity index (χ3n) is 3.48. The van der Waals surface area contributed by atoms with Gasteiger partial charge in [-0.1, -0.05) is 38.8 Å². The van der Waals surface area contributed by atoms with Gasteiger partial charge in [0.15, 0.2) is 0 Å². The molecule has 0 aromatic heterocycles. The first kappa shape index (κ1) is 14.6. The van der Waals surface area contributed by atoms with E-state index in [9.17, 15) is 0 Å². The highest BCUT2D eigenvalue weighted by molar-refractivity contribution is 7.98. The van der Waals surface area contributed by atoms with E-state index < -0.39 is 0 Å². The number of hydrogen-bond acceptors (Lipinski definition) is 2. The molecular formula is C15H25NS. The van der Waals surface area contributed by atoms with Gasteiger partial charge in [0, 0.05) is 10.9 Å². The molecule has 1 atom stereocenters.